The molecule has 0 radical (unpaired) electrons. The molecule has 3 amide bonds. The molecule has 4 aliphatic heterocycles. The van der Waals surface area contributed by atoms with Crippen molar-refractivity contribution in [1.82, 2.24) is 15.1 Å². The van der Waals surface area contributed by atoms with E-state index in [-0.39, 0.29) is 41.2 Å². The van der Waals surface area contributed by atoms with Crippen molar-refractivity contribution in [2.24, 2.45) is 11.1 Å². The van der Waals surface area contributed by atoms with Crippen LogP contribution in [-0.4, -0.2) is 72.6 Å². The highest BCUT2D eigenvalue weighted by molar-refractivity contribution is 7.91. The summed E-state index contributed by atoms with van der Waals surface area (Å²) in [5, 5.41) is 2.33. The lowest BCUT2D eigenvalue weighted by molar-refractivity contribution is -0.136. The number of hydrogen-bond acceptors (Lipinski definition) is 7. The number of nitrogens with two attached hydrogens (primary N) is 1. The van der Waals surface area contributed by atoms with E-state index in [0.717, 1.165) is 17.7 Å². The standard InChI is InChI=1S/C22H28N4O5S/c23-17-12-25(13-22(17)6-8-32(30,31)9-7-22)10-14-2-1-3-15-11-26(21(29)19(14)15)16-4-5-18(27)24-20(16)28/h1-3,16-17H,4-13,23H2,(H,24,27,28). The molecule has 172 valence electrons. The number of likely N-dealkylation sites (tertiary alicyclic amines) is 1. The molecule has 5 rings (SSSR count). The van der Waals surface area contributed by atoms with Gasteiger partial charge in [0.1, 0.15) is 15.9 Å². The highest BCUT2D eigenvalue weighted by Gasteiger charge is 2.48. The summed E-state index contributed by atoms with van der Waals surface area (Å²) in [6, 6.07) is 5.05. The van der Waals surface area contributed by atoms with Gasteiger partial charge in [-0.1, -0.05) is 18.2 Å². The number of nitrogens with zero attached hydrogens (tertiary/aromatic N) is 2. The van der Waals surface area contributed by atoms with E-state index < -0.39 is 21.8 Å². The second-order valence-electron chi connectivity index (χ2n) is 9.64. The van der Waals surface area contributed by atoms with Crippen molar-refractivity contribution in [2.75, 3.05) is 24.6 Å². The van der Waals surface area contributed by atoms with Crippen LogP contribution in [0.3, 0.4) is 0 Å². The average Bonchev–Trinajstić information content (AvgIpc) is 3.22. The maximum absolute atomic E-state index is 13.3. The molecule has 32 heavy (non-hydrogen) atoms. The third kappa shape index (κ3) is 3.64. The van der Waals surface area contributed by atoms with E-state index in [1.807, 2.05) is 18.2 Å². The van der Waals surface area contributed by atoms with Gasteiger partial charge in [0.25, 0.3) is 5.91 Å². The molecule has 0 saturated carbocycles. The van der Waals surface area contributed by atoms with Crippen LogP contribution in [0.2, 0.25) is 0 Å². The van der Waals surface area contributed by atoms with Crippen LogP contribution < -0.4 is 11.1 Å². The van der Waals surface area contributed by atoms with E-state index in [0.29, 0.717) is 44.5 Å². The first-order chi connectivity index (χ1) is 15.2. The molecule has 4 heterocycles. The number of nitrogens with one attached hydrogen (secondary N) is 1. The Hall–Kier alpha value is -2.30. The molecule has 1 aromatic carbocycles. The van der Waals surface area contributed by atoms with Gasteiger partial charge < -0.3 is 10.6 Å². The Morgan fingerprint density at radius 1 is 1.16 bits per heavy atom. The van der Waals surface area contributed by atoms with Gasteiger partial charge in [0.2, 0.25) is 11.8 Å². The lowest BCUT2D eigenvalue weighted by Gasteiger charge is -2.36. The van der Waals surface area contributed by atoms with Gasteiger partial charge in [-0.3, -0.25) is 24.6 Å². The monoisotopic (exact) mass is 460 g/mol. The molecule has 3 fully saturated rings. The zero-order valence-corrected chi connectivity index (χ0v) is 18.7. The molecule has 2 unspecified atom stereocenters. The molecule has 10 heteroatoms. The summed E-state index contributed by atoms with van der Waals surface area (Å²) in [5.74, 6) is -0.509. The Balaban J connectivity index is 1.33. The number of carbonyl (C=O) groups excluding carboxylic acids is 3. The number of benzene rings is 1. The zero-order chi connectivity index (χ0) is 22.7. The second kappa shape index (κ2) is 7.64. The van der Waals surface area contributed by atoms with Crippen molar-refractivity contribution in [3.05, 3.63) is 34.9 Å². The van der Waals surface area contributed by atoms with E-state index in [2.05, 4.69) is 10.2 Å². The number of fused-ring (bicyclic) bond motifs is 1. The number of piperidine rings is 1. The molecule has 0 aliphatic carbocycles. The van der Waals surface area contributed by atoms with Gasteiger partial charge in [-0.2, -0.15) is 0 Å². The predicted octanol–water partition coefficient (Wildman–Crippen LogP) is -0.214. The van der Waals surface area contributed by atoms with Gasteiger partial charge in [0, 0.05) is 49.6 Å². The average molecular weight is 461 g/mol. The molecule has 0 aromatic heterocycles. The molecular formula is C22H28N4O5S. The number of hydrogen-bond donors (Lipinski definition) is 2. The number of rotatable bonds is 3. The van der Waals surface area contributed by atoms with Crippen LogP contribution in [0.5, 0.6) is 0 Å². The van der Waals surface area contributed by atoms with Crippen LogP contribution in [0.4, 0.5) is 0 Å². The lowest BCUT2D eigenvalue weighted by Crippen LogP contribution is -2.52. The normalized spacial score (nSPS) is 29.4. The summed E-state index contributed by atoms with van der Waals surface area (Å²) < 4.78 is 23.8. The zero-order valence-electron chi connectivity index (χ0n) is 17.9. The topological polar surface area (TPSA) is 130 Å². The molecule has 1 aromatic rings. The summed E-state index contributed by atoms with van der Waals surface area (Å²) >= 11 is 0. The maximum atomic E-state index is 13.3. The van der Waals surface area contributed by atoms with Crippen molar-refractivity contribution < 1.29 is 22.8 Å². The summed E-state index contributed by atoms with van der Waals surface area (Å²) in [6.07, 6.45) is 1.74. The molecular weight excluding hydrogens is 432 g/mol. The number of sulfone groups is 1. The SMILES string of the molecule is NC1CN(Cc2cccc3c2C(=O)N(C2CCC(=O)NC2=O)C3)CC12CCS(=O)(=O)CC2. The van der Waals surface area contributed by atoms with Crippen LogP contribution in [-0.2, 0) is 32.5 Å². The minimum atomic E-state index is -2.96. The van der Waals surface area contributed by atoms with Crippen LogP contribution in [0, 0.1) is 5.41 Å². The smallest absolute Gasteiger partial charge is 0.255 e. The summed E-state index contributed by atoms with van der Waals surface area (Å²) in [5.41, 5.74) is 8.71. The quantitative estimate of drug-likeness (QED) is 0.597. The van der Waals surface area contributed by atoms with E-state index in [9.17, 15) is 22.8 Å². The predicted molar refractivity (Wildman–Crippen MR) is 116 cm³/mol. The first-order valence-corrected chi connectivity index (χ1v) is 12.9. The van der Waals surface area contributed by atoms with Crippen LogP contribution in [0.25, 0.3) is 0 Å². The highest BCUT2D eigenvalue weighted by atomic mass is 32.2. The lowest BCUT2D eigenvalue weighted by atomic mass is 9.78. The van der Waals surface area contributed by atoms with Crippen molar-refractivity contribution in [2.45, 2.75) is 50.9 Å². The third-order valence-electron chi connectivity index (χ3n) is 7.63. The van der Waals surface area contributed by atoms with Crippen molar-refractivity contribution in [1.29, 1.82) is 0 Å². The molecule has 2 atom stereocenters. The largest absolute Gasteiger partial charge is 0.326 e. The Kier molecular flexibility index (Phi) is 5.14. The van der Waals surface area contributed by atoms with Crippen molar-refractivity contribution in [3.8, 4) is 0 Å². The first-order valence-electron chi connectivity index (χ1n) is 11.1. The fourth-order valence-electron chi connectivity index (χ4n) is 5.76. The summed E-state index contributed by atoms with van der Waals surface area (Å²) in [7, 11) is -2.96. The maximum Gasteiger partial charge on any atom is 0.255 e. The molecule has 1 spiro atoms. The number of carbonyl (C=O) groups is 3. The molecule has 4 aliphatic rings. The Morgan fingerprint density at radius 3 is 2.62 bits per heavy atom. The fraction of sp³-hybridized carbons (Fsp3) is 0.591. The second-order valence-corrected chi connectivity index (χ2v) is 11.9. The minimum Gasteiger partial charge on any atom is -0.326 e. The third-order valence-corrected chi connectivity index (χ3v) is 9.29. The van der Waals surface area contributed by atoms with Gasteiger partial charge in [0.05, 0.1) is 11.5 Å². The van der Waals surface area contributed by atoms with E-state index in [4.69, 9.17) is 5.73 Å². The molecule has 0 bridgehead atoms. The van der Waals surface area contributed by atoms with Crippen LogP contribution in [0.15, 0.2) is 18.2 Å². The summed E-state index contributed by atoms with van der Waals surface area (Å²) in [4.78, 5) is 40.9. The Bertz CT molecular complexity index is 1090. The van der Waals surface area contributed by atoms with Gasteiger partial charge in [-0.05, 0) is 30.4 Å². The van der Waals surface area contributed by atoms with E-state index >= 15 is 0 Å². The minimum absolute atomic E-state index is 0.0922. The molecule has 3 N–H and O–H groups in total. The van der Waals surface area contributed by atoms with Gasteiger partial charge in [-0.25, -0.2) is 8.42 Å². The van der Waals surface area contributed by atoms with E-state index in [1.54, 1.807) is 4.90 Å². The molecule has 9 nitrogen and oxygen atoms in total. The Morgan fingerprint density at radius 2 is 1.91 bits per heavy atom. The highest BCUT2D eigenvalue weighted by Crippen LogP contribution is 2.41. The van der Waals surface area contributed by atoms with E-state index in [1.165, 1.54) is 0 Å². The van der Waals surface area contributed by atoms with Gasteiger partial charge in [-0.15, -0.1) is 0 Å². The number of imide groups is 1. The van der Waals surface area contributed by atoms with Crippen LogP contribution >= 0.6 is 0 Å². The first kappa shape index (κ1) is 21.5. The summed E-state index contributed by atoms with van der Waals surface area (Å²) in [6.45, 7) is 2.29. The van der Waals surface area contributed by atoms with Gasteiger partial charge >= 0.3 is 0 Å². The fourth-order valence-corrected chi connectivity index (χ4v) is 7.39. The van der Waals surface area contributed by atoms with Crippen molar-refractivity contribution >= 4 is 27.6 Å². The van der Waals surface area contributed by atoms with Crippen LogP contribution in [0.1, 0.15) is 47.2 Å². The van der Waals surface area contributed by atoms with Gasteiger partial charge in [0.15, 0.2) is 0 Å². The van der Waals surface area contributed by atoms with Crippen molar-refractivity contribution in [3.63, 3.8) is 0 Å². The number of amides is 3. The Labute approximate surface area is 187 Å². The molecule has 3 saturated heterocycles.